The lowest BCUT2D eigenvalue weighted by Crippen LogP contribution is -2.46. The van der Waals surface area contributed by atoms with Crippen LogP contribution in [0, 0.1) is 11.3 Å². The topological polar surface area (TPSA) is 29.3 Å². The van der Waals surface area contributed by atoms with Crippen molar-refractivity contribution in [1.29, 1.82) is 0 Å². The zero-order valence-electron chi connectivity index (χ0n) is 12.5. The molecular weight excluding hydrogens is 208 g/mol. The Kier molecular flexibility index (Phi) is 5.46. The van der Waals surface area contributed by atoms with E-state index in [2.05, 4.69) is 39.6 Å². The van der Waals surface area contributed by atoms with Crippen LogP contribution in [0.5, 0.6) is 0 Å². The summed E-state index contributed by atoms with van der Waals surface area (Å²) in [7, 11) is 2.27. The number of rotatable bonds is 5. The SMILES string of the molecule is CCC(CC)N(C)CC1CC(C)(C)CCC1N. The van der Waals surface area contributed by atoms with Gasteiger partial charge in [0.25, 0.3) is 0 Å². The molecule has 0 spiro atoms. The standard InChI is InChI=1S/C15H32N2/c1-6-13(7-2)17(5)11-12-10-15(3,4)9-8-14(12)16/h12-14H,6-11,16H2,1-5H3. The van der Waals surface area contributed by atoms with Gasteiger partial charge in [0.1, 0.15) is 0 Å². The van der Waals surface area contributed by atoms with E-state index >= 15 is 0 Å². The molecule has 1 aliphatic rings. The first-order chi connectivity index (χ1) is 7.89. The summed E-state index contributed by atoms with van der Waals surface area (Å²) in [5.41, 5.74) is 6.80. The van der Waals surface area contributed by atoms with Crippen LogP contribution < -0.4 is 5.73 Å². The summed E-state index contributed by atoms with van der Waals surface area (Å²) in [5, 5.41) is 0. The molecule has 0 aromatic rings. The third kappa shape index (κ3) is 4.26. The van der Waals surface area contributed by atoms with Crippen molar-refractivity contribution in [2.24, 2.45) is 17.1 Å². The van der Waals surface area contributed by atoms with Gasteiger partial charge in [-0.1, -0.05) is 27.7 Å². The number of nitrogens with two attached hydrogens (primary N) is 1. The van der Waals surface area contributed by atoms with E-state index in [0.717, 1.165) is 6.04 Å². The minimum absolute atomic E-state index is 0.417. The Morgan fingerprint density at radius 1 is 1.29 bits per heavy atom. The predicted octanol–water partition coefficient (Wildman–Crippen LogP) is 3.26. The number of hydrogen-bond acceptors (Lipinski definition) is 2. The zero-order chi connectivity index (χ0) is 13.1. The van der Waals surface area contributed by atoms with Gasteiger partial charge in [0.15, 0.2) is 0 Å². The smallest absolute Gasteiger partial charge is 0.00870 e. The first-order valence-electron chi connectivity index (χ1n) is 7.35. The average molecular weight is 240 g/mol. The molecule has 0 radical (unpaired) electrons. The van der Waals surface area contributed by atoms with Crippen LogP contribution in [-0.4, -0.2) is 30.6 Å². The summed E-state index contributed by atoms with van der Waals surface area (Å²) in [5.74, 6) is 0.685. The van der Waals surface area contributed by atoms with E-state index in [1.165, 1.54) is 38.6 Å². The molecule has 1 rings (SSSR count). The molecule has 2 unspecified atom stereocenters. The Hall–Kier alpha value is -0.0800. The van der Waals surface area contributed by atoms with Crippen LogP contribution in [-0.2, 0) is 0 Å². The number of hydrogen-bond donors (Lipinski definition) is 1. The molecule has 0 aromatic carbocycles. The molecule has 2 N–H and O–H groups in total. The van der Waals surface area contributed by atoms with Gasteiger partial charge in [0, 0.05) is 18.6 Å². The summed E-state index contributed by atoms with van der Waals surface area (Å²) in [6.45, 7) is 10.5. The second kappa shape index (κ2) is 6.19. The Morgan fingerprint density at radius 2 is 1.88 bits per heavy atom. The molecule has 17 heavy (non-hydrogen) atoms. The van der Waals surface area contributed by atoms with E-state index < -0.39 is 0 Å². The lowest BCUT2D eigenvalue weighted by molar-refractivity contribution is 0.105. The summed E-state index contributed by atoms with van der Waals surface area (Å²) in [6.07, 6.45) is 6.28. The van der Waals surface area contributed by atoms with Crippen molar-refractivity contribution in [2.45, 2.75) is 71.9 Å². The second-order valence-corrected chi connectivity index (χ2v) is 6.74. The molecule has 0 heterocycles. The van der Waals surface area contributed by atoms with Gasteiger partial charge < -0.3 is 10.6 Å². The molecule has 102 valence electrons. The minimum Gasteiger partial charge on any atom is -0.327 e. The highest BCUT2D eigenvalue weighted by Crippen LogP contribution is 2.38. The first-order valence-corrected chi connectivity index (χ1v) is 7.35. The van der Waals surface area contributed by atoms with Crippen LogP contribution in [0.25, 0.3) is 0 Å². The zero-order valence-corrected chi connectivity index (χ0v) is 12.5. The summed E-state index contributed by atoms with van der Waals surface area (Å²) in [4.78, 5) is 2.53. The normalized spacial score (nSPS) is 28.9. The van der Waals surface area contributed by atoms with Crippen molar-refractivity contribution in [3.05, 3.63) is 0 Å². The quantitative estimate of drug-likeness (QED) is 0.799. The van der Waals surface area contributed by atoms with Crippen molar-refractivity contribution in [2.75, 3.05) is 13.6 Å². The Labute approximate surface area is 108 Å². The maximum atomic E-state index is 6.30. The van der Waals surface area contributed by atoms with Crippen molar-refractivity contribution < 1.29 is 0 Å². The molecule has 1 fully saturated rings. The molecule has 2 heteroatoms. The molecule has 0 aromatic heterocycles. The van der Waals surface area contributed by atoms with Gasteiger partial charge in [-0.2, -0.15) is 0 Å². The molecule has 1 aliphatic carbocycles. The van der Waals surface area contributed by atoms with Crippen molar-refractivity contribution in [1.82, 2.24) is 4.90 Å². The highest BCUT2D eigenvalue weighted by molar-refractivity contribution is 4.88. The Bertz CT molecular complexity index is 221. The van der Waals surface area contributed by atoms with Crippen molar-refractivity contribution in [3.63, 3.8) is 0 Å². The van der Waals surface area contributed by atoms with Crippen LogP contribution in [0.1, 0.15) is 59.8 Å². The first kappa shape index (κ1) is 15.0. The average Bonchev–Trinajstić information content (AvgIpc) is 2.25. The monoisotopic (exact) mass is 240 g/mol. The molecule has 1 saturated carbocycles. The van der Waals surface area contributed by atoms with Gasteiger partial charge in [-0.3, -0.25) is 0 Å². The van der Waals surface area contributed by atoms with E-state index in [4.69, 9.17) is 5.73 Å². The maximum absolute atomic E-state index is 6.30. The largest absolute Gasteiger partial charge is 0.327 e. The van der Waals surface area contributed by atoms with Gasteiger partial charge in [-0.15, -0.1) is 0 Å². The van der Waals surface area contributed by atoms with Gasteiger partial charge >= 0.3 is 0 Å². The van der Waals surface area contributed by atoms with Crippen molar-refractivity contribution >= 4 is 0 Å². The van der Waals surface area contributed by atoms with E-state index in [-0.39, 0.29) is 0 Å². The maximum Gasteiger partial charge on any atom is 0.00870 e. The van der Waals surface area contributed by atoms with Crippen LogP contribution in [0.4, 0.5) is 0 Å². The summed E-state index contributed by atoms with van der Waals surface area (Å²) < 4.78 is 0. The van der Waals surface area contributed by atoms with Gasteiger partial charge in [0.2, 0.25) is 0 Å². The Balaban J connectivity index is 2.53. The minimum atomic E-state index is 0.417. The highest BCUT2D eigenvalue weighted by Gasteiger charge is 2.33. The molecular formula is C15H32N2. The van der Waals surface area contributed by atoms with E-state index in [0.29, 0.717) is 17.4 Å². The molecule has 2 nitrogen and oxygen atoms in total. The second-order valence-electron chi connectivity index (χ2n) is 6.74. The van der Waals surface area contributed by atoms with Gasteiger partial charge in [0.05, 0.1) is 0 Å². The molecule has 0 amide bonds. The summed E-state index contributed by atoms with van der Waals surface area (Å²) in [6, 6.07) is 1.15. The fraction of sp³-hybridized carbons (Fsp3) is 1.00. The molecule has 2 atom stereocenters. The van der Waals surface area contributed by atoms with Gasteiger partial charge in [-0.05, 0) is 50.5 Å². The third-order valence-corrected chi connectivity index (χ3v) is 4.66. The Morgan fingerprint density at radius 3 is 2.41 bits per heavy atom. The van der Waals surface area contributed by atoms with E-state index in [1.807, 2.05) is 0 Å². The lowest BCUT2D eigenvalue weighted by Gasteiger charge is -2.42. The molecule has 0 bridgehead atoms. The fourth-order valence-electron chi connectivity index (χ4n) is 3.39. The van der Waals surface area contributed by atoms with Gasteiger partial charge in [-0.25, -0.2) is 0 Å². The fourth-order valence-corrected chi connectivity index (χ4v) is 3.39. The molecule has 0 saturated heterocycles. The van der Waals surface area contributed by atoms with Crippen LogP contribution in [0.2, 0.25) is 0 Å². The predicted molar refractivity (Wildman–Crippen MR) is 76.1 cm³/mol. The lowest BCUT2D eigenvalue weighted by atomic mass is 9.70. The van der Waals surface area contributed by atoms with Crippen LogP contribution in [0.15, 0.2) is 0 Å². The van der Waals surface area contributed by atoms with Crippen LogP contribution in [0.3, 0.4) is 0 Å². The third-order valence-electron chi connectivity index (χ3n) is 4.66. The van der Waals surface area contributed by atoms with E-state index in [9.17, 15) is 0 Å². The van der Waals surface area contributed by atoms with E-state index in [1.54, 1.807) is 0 Å². The summed E-state index contributed by atoms with van der Waals surface area (Å²) >= 11 is 0. The van der Waals surface area contributed by atoms with Crippen LogP contribution >= 0.6 is 0 Å². The van der Waals surface area contributed by atoms with Crippen molar-refractivity contribution in [3.8, 4) is 0 Å². The highest BCUT2D eigenvalue weighted by atomic mass is 15.1. The number of nitrogens with zero attached hydrogens (tertiary/aromatic N) is 1. The molecule has 0 aliphatic heterocycles.